The topological polar surface area (TPSA) is 42.0 Å². The van der Waals surface area contributed by atoms with E-state index in [1.54, 1.807) is 35.9 Å². The number of nitrogens with one attached hydrogen (secondary N) is 1. The Balaban J connectivity index is 2.00. The number of carbonyl (C=O) groups excluding carboxylic acids is 1. The lowest BCUT2D eigenvalue weighted by Gasteiger charge is -2.04. The average Bonchev–Trinajstić information content (AvgIpc) is 2.68. The van der Waals surface area contributed by atoms with Crippen molar-refractivity contribution in [3.63, 3.8) is 0 Å². The van der Waals surface area contributed by atoms with Gasteiger partial charge in [0.2, 0.25) is 0 Å². The molecule has 0 atom stereocenters. The highest BCUT2D eigenvalue weighted by molar-refractivity contribution is 7.10. The molecular weight excluding hydrogens is 232 g/mol. The van der Waals surface area contributed by atoms with Crippen molar-refractivity contribution < 1.29 is 4.79 Å². The second-order valence-corrected chi connectivity index (χ2v) is 4.95. The van der Waals surface area contributed by atoms with E-state index in [9.17, 15) is 4.79 Å². The van der Waals surface area contributed by atoms with Gasteiger partial charge in [-0.25, -0.2) is 0 Å². The highest BCUT2D eigenvalue weighted by Crippen LogP contribution is 2.20. The zero-order chi connectivity index (χ0) is 12.3. The summed E-state index contributed by atoms with van der Waals surface area (Å²) in [6.07, 6.45) is 3.23. The molecule has 2 rings (SSSR count). The minimum absolute atomic E-state index is 0.0821. The van der Waals surface area contributed by atoms with Gasteiger partial charge in [-0.05, 0) is 42.5 Å². The zero-order valence-corrected chi connectivity index (χ0v) is 10.7. The SMILES string of the molecule is Cc1scc(CNC(=O)c2cccnc2)c1C. The van der Waals surface area contributed by atoms with Crippen LogP contribution in [-0.2, 0) is 6.54 Å². The molecule has 0 radical (unpaired) electrons. The first kappa shape index (κ1) is 11.8. The third-order valence-corrected chi connectivity index (χ3v) is 3.81. The maximum Gasteiger partial charge on any atom is 0.253 e. The van der Waals surface area contributed by atoms with Crippen LogP contribution in [0.2, 0.25) is 0 Å². The Labute approximate surface area is 105 Å². The molecule has 0 aliphatic carbocycles. The lowest BCUT2D eigenvalue weighted by atomic mass is 10.2. The van der Waals surface area contributed by atoms with E-state index in [0.717, 1.165) is 0 Å². The minimum atomic E-state index is -0.0821. The van der Waals surface area contributed by atoms with Crippen LogP contribution in [-0.4, -0.2) is 10.9 Å². The zero-order valence-electron chi connectivity index (χ0n) is 9.86. The number of aromatic nitrogens is 1. The van der Waals surface area contributed by atoms with Crippen LogP contribution in [0.4, 0.5) is 0 Å². The van der Waals surface area contributed by atoms with Gasteiger partial charge in [0.1, 0.15) is 0 Å². The predicted octanol–water partition coefficient (Wildman–Crippen LogP) is 2.69. The molecule has 0 saturated carbocycles. The van der Waals surface area contributed by atoms with Crippen molar-refractivity contribution in [2.75, 3.05) is 0 Å². The van der Waals surface area contributed by atoms with Crippen molar-refractivity contribution in [3.05, 3.63) is 51.5 Å². The van der Waals surface area contributed by atoms with Gasteiger partial charge in [0.15, 0.2) is 0 Å². The molecule has 0 fully saturated rings. The smallest absolute Gasteiger partial charge is 0.253 e. The Kier molecular flexibility index (Phi) is 3.54. The quantitative estimate of drug-likeness (QED) is 0.904. The fourth-order valence-corrected chi connectivity index (χ4v) is 2.40. The summed E-state index contributed by atoms with van der Waals surface area (Å²) >= 11 is 1.71. The van der Waals surface area contributed by atoms with Crippen LogP contribution in [0.1, 0.15) is 26.4 Å². The number of nitrogens with zero attached hydrogens (tertiary/aromatic N) is 1. The lowest BCUT2D eigenvalue weighted by molar-refractivity contribution is 0.0950. The lowest BCUT2D eigenvalue weighted by Crippen LogP contribution is -2.22. The maximum absolute atomic E-state index is 11.8. The summed E-state index contributed by atoms with van der Waals surface area (Å²) in [7, 11) is 0. The number of rotatable bonds is 3. The van der Waals surface area contributed by atoms with Crippen LogP contribution >= 0.6 is 11.3 Å². The Morgan fingerprint density at radius 3 is 2.88 bits per heavy atom. The Morgan fingerprint density at radius 2 is 2.29 bits per heavy atom. The molecular formula is C13H14N2OS. The molecule has 4 heteroatoms. The molecule has 1 amide bonds. The van der Waals surface area contributed by atoms with Gasteiger partial charge in [0.05, 0.1) is 5.56 Å². The normalized spacial score (nSPS) is 10.2. The summed E-state index contributed by atoms with van der Waals surface area (Å²) < 4.78 is 0. The monoisotopic (exact) mass is 246 g/mol. The number of carbonyl (C=O) groups is 1. The van der Waals surface area contributed by atoms with E-state index in [4.69, 9.17) is 0 Å². The van der Waals surface area contributed by atoms with Gasteiger partial charge in [-0.2, -0.15) is 0 Å². The number of thiophene rings is 1. The Bertz CT molecular complexity index is 519. The first-order valence-electron chi connectivity index (χ1n) is 5.40. The highest BCUT2D eigenvalue weighted by atomic mass is 32.1. The Hall–Kier alpha value is -1.68. The molecule has 2 heterocycles. The van der Waals surface area contributed by atoms with Crippen molar-refractivity contribution in [3.8, 4) is 0 Å². The Morgan fingerprint density at radius 1 is 1.47 bits per heavy atom. The van der Waals surface area contributed by atoms with Gasteiger partial charge in [0, 0.05) is 23.8 Å². The number of amides is 1. The molecule has 3 nitrogen and oxygen atoms in total. The van der Waals surface area contributed by atoms with Crippen molar-refractivity contribution >= 4 is 17.2 Å². The first-order valence-corrected chi connectivity index (χ1v) is 6.28. The van der Waals surface area contributed by atoms with Crippen LogP contribution in [0.5, 0.6) is 0 Å². The summed E-state index contributed by atoms with van der Waals surface area (Å²) in [5, 5.41) is 4.99. The largest absolute Gasteiger partial charge is 0.348 e. The van der Waals surface area contributed by atoms with Gasteiger partial charge < -0.3 is 5.32 Å². The molecule has 17 heavy (non-hydrogen) atoms. The summed E-state index contributed by atoms with van der Waals surface area (Å²) in [6, 6.07) is 3.52. The van der Waals surface area contributed by atoms with Crippen LogP contribution < -0.4 is 5.32 Å². The van der Waals surface area contributed by atoms with Gasteiger partial charge in [-0.1, -0.05) is 0 Å². The van der Waals surface area contributed by atoms with Crippen molar-refractivity contribution in [2.24, 2.45) is 0 Å². The number of aryl methyl sites for hydroxylation is 1. The summed E-state index contributed by atoms with van der Waals surface area (Å²) in [5.74, 6) is -0.0821. The van der Waals surface area contributed by atoms with Gasteiger partial charge >= 0.3 is 0 Å². The highest BCUT2D eigenvalue weighted by Gasteiger charge is 2.07. The van der Waals surface area contributed by atoms with E-state index in [2.05, 4.69) is 29.5 Å². The van der Waals surface area contributed by atoms with E-state index >= 15 is 0 Å². The second-order valence-electron chi connectivity index (χ2n) is 3.87. The van der Waals surface area contributed by atoms with E-state index in [-0.39, 0.29) is 5.91 Å². The van der Waals surface area contributed by atoms with E-state index in [1.807, 2.05) is 0 Å². The summed E-state index contributed by atoms with van der Waals surface area (Å²) in [4.78, 5) is 17.0. The van der Waals surface area contributed by atoms with E-state index in [0.29, 0.717) is 12.1 Å². The molecule has 1 N–H and O–H groups in total. The minimum Gasteiger partial charge on any atom is -0.348 e. The van der Waals surface area contributed by atoms with Crippen LogP contribution in [0.15, 0.2) is 29.9 Å². The first-order chi connectivity index (χ1) is 8.18. The van der Waals surface area contributed by atoms with Crippen LogP contribution in [0.25, 0.3) is 0 Å². The molecule has 88 valence electrons. The van der Waals surface area contributed by atoms with Crippen molar-refractivity contribution in [1.29, 1.82) is 0 Å². The number of pyridine rings is 1. The molecule has 0 spiro atoms. The van der Waals surface area contributed by atoms with Gasteiger partial charge in [0.25, 0.3) is 5.91 Å². The van der Waals surface area contributed by atoms with Gasteiger partial charge in [-0.15, -0.1) is 11.3 Å². The summed E-state index contributed by atoms with van der Waals surface area (Å²) in [6.45, 7) is 4.74. The van der Waals surface area contributed by atoms with Crippen LogP contribution in [0, 0.1) is 13.8 Å². The molecule has 0 aromatic carbocycles. The number of hydrogen-bond donors (Lipinski definition) is 1. The fraction of sp³-hybridized carbons (Fsp3) is 0.231. The maximum atomic E-state index is 11.8. The van der Waals surface area contributed by atoms with E-state index in [1.165, 1.54) is 16.0 Å². The standard InChI is InChI=1S/C13H14N2OS/c1-9-10(2)17-8-12(9)7-15-13(16)11-4-3-5-14-6-11/h3-6,8H,7H2,1-2H3,(H,15,16). The van der Waals surface area contributed by atoms with Crippen LogP contribution in [0.3, 0.4) is 0 Å². The van der Waals surface area contributed by atoms with Crippen molar-refractivity contribution in [1.82, 2.24) is 10.3 Å². The van der Waals surface area contributed by atoms with E-state index < -0.39 is 0 Å². The van der Waals surface area contributed by atoms with Gasteiger partial charge in [-0.3, -0.25) is 9.78 Å². The third-order valence-electron chi connectivity index (χ3n) is 2.75. The van der Waals surface area contributed by atoms with Crippen molar-refractivity contribution in [2.45, 2.75) is 20.4 Å². The molecule has 0 aliphatic heterocycles. The second kappa shape index (κ2) is 5.10. The molecule has 0 aliphatic rings. The molecule has 0 bridgehead atoms. The molecule has 2 aromatic heterocycles. The average molecular weight is 246 g/mol. The third kappa shape index (κ3) is 2.71. The number of hydrogen-bond acceptors (Lipinski definition) is 3. The summed E-state index contributed by atoms with van der Waals surface area (Å²) in [5.41, 5.74) is 3.04. The molecule has 0 unspecified atom stereocenters. The molecule has 0 saturated heterocycles. The molecule has 2 aromatic rings. The fourth-order valence-electron chi connectivity index (χ4n) is 1.51. The predicted molar refractivity (Wildman–Crippen MR) is 69.2 cm³/mol.